The summed E-state index contributed by atoms with van der Waals surface area (Å²) >= 11 is 1.61. The molecule has 0 aromatic heterocycles. The lowest BCUT2D eigenvalue weighted by Crippen LogP contribution is -2.42. The SMILES string of the molecule is CC(C)(C)c1ccc(NC(=O)C2(O)CCSC2)cc1. The van der Waals surface area contributed by atoms with Crippen LogP contribution in [0.25, 0.3) is 0 Å². The predicted octanol–water partition coefficient (Wildman–Crippen LogP) is 2.79. The molecule has 3 nitrogen and oxygen atoms in total. The molecule has 0 aliphatic carbocycles. The van der Waals surface area contributed by atoms with Gasteiger partial charge in [0.05, 0.1) is 0 Å². The monoisotopic (exact) mass is 279 g/mol. The topological polar surface area (TPSA) is 49.3 Å². The molecule has 19 heavy (non-hydrogen) atoms. The molecule has 2 N–H and O–H groups in total. The van der Waals surface area contributed by atoms with E-state index >= 15 is 0 Å². The van der Waals surface area contributed by atoms with Crippen LogP contribution in [0.5, 0.6) is 0 Å². The highest BCUT2D eigenvalue weighted by molar-refractivity contribution is 7.99. The molecule has 104 valence electrons. The van der Waals surface area contributed by atoms with Crippen molar-refractivity contribution in [3.63, 3.8) is 0 Å². The van der Waals surface area contributed by atoms with Crippen molar-refractivity contribution in [3.8, 4) is 0 Å². The van der Waals surface area contributed by atoms with E-state index in [1.807, 2.05) is 24.3 Å². The van der Waals surface area contributed by atoms with E-state index in [1.165, 1.54) is 5.56 Å². The second kappa shape index (κ2) is 5.17. The van der Waals surface area contributed by atoms with Crippen LogP contribution >= 0.6 is 11.8 Å². The Bertz CT molecular complexity index is 456. The van der Waals surface area contributed by atoms with Crippen molar-refractivity contribution >= 4 is 23.4 Å². The molecule has 0 saturated carbocycles. The Morgan fingerprint density at radius 3 is 2.42 bits per heavy atom. The predicted molar refractivity (Wildman–Crippen MR) is 80.7 cm³/mol. The average molecular weight is 279 g/mol. The van der Waals surface area contributed by atoms with E-state index < -0.39 is 5.60 Å². The van der Waals surface area contributed by atoms with Crippen LogP contribution in [0, 0.1) is 0 Å². The third-order valence-electron chi connectivity index (χ3n) is 3.43. The molecule has 1 atom stereocenters. The second-order valence-corrected chi connectivity index (χ2v) is 7.22. The standard InChI is InChI=1S/C15H21NO2S/c1-14(2,3)11-4-6-12(7-5-11)16-13(17)15(18)8-9-19-10-15/h4-7,18H,8-10H2,1-3H3,(H,16,17). The largest absolute Gasteiger partial charge is 0.379 e. The van der Waals surface area contributed by atoms with Crippen molar-refractivity contribution in [3.05, 3.63) is 29.8 Å². The van der Waals surface area contributed by atoms with Crippen molar-refractivity contribution in [1.82, 2.24) is 0 Å². The summed E-state index contributed by atoms with van der Waals surface area (Å²) in [4.78, 5) is 12.0. The van der Waals surface area contributed by atoms with Gasteiger partial charge in [-0.3, -0.25) is 4.79 Å². The number of thioether (sulfide) groups is 1. The lowest BCUT2D eigenvalue weighted by atomic mass is 9.87. The maximum atomic E-state index is 12.0. The zero-order chi connectivity index (χ0) is 14.1. The van der Waals surface area contributed by atoms with E-state index in [0.717, 1.165) is 11.4 Å². The van der Waals surface area contributed by atoms with E-state index in [2.05, 4.69) is 26.1 Å². The smallest absolute Gasteiger partial charge is 0.257 e. The molecule has 2 rings (SSSR count). The Hall–Kier alpha value is -1.00. The maximum absolute atomic E-state index is 12.0. The normalized spacial score (nSPS) is 23.4. The van der Waals surface area contributed by atoms with Gasteiger partial charge in [0.2, 0.25) is 0 Å². The fraction of sp³-hybridized carbons (Fsp3) is 0.533. The molecule has 1 aromatic carbocycles. The van der Waals surface area contributed by atoms with Crippen molar-refractivity contribution in [2.45, 2.75) is 38.2 Å². The first-order valence-electron chi connectivity index (χ1n) is 6.53. The molecular weight excluding hydrogens is 258 g/mol. The van der Waals surface area contributed by atoms with Crippen LogP contribution in [0.3, 0.4) is 0 Å². The molecule has 1 aromatic rings. The molecule has 1 amide bonds. The third-order valence-corrected chi connectivity index (χ3v) is 4.61. The number of anilines is 1. The van der Waals surface area contributed by atoms with Gasteiger partial charge in [0.25, 0.3) is 5.91 Å². The number of hydrogen-bond acceptors (Lipinski definition) is 3. The van der Waals surface area contributed by atoms with Gasteiger partial charge in [-0.2, -0.15) is 11.8 Å². The van der Waals surface area contributed by atoms with Crippen LogP contribution in [0.1, 0.15) is 32.8 Å². The third kappa shape index (κ3) is 3.31. The van der Waals surface area contributed by atoms with Crippen LogP contribution < -0.4 is 5.32 Å². The highest BCUT2D eigenvalue weighted by atomic mass is 32.2. The Labute approximate surface area is 118 Å². The van der Waals surface area contributed by atoms with Gasteiger partial charge in [-0.05, 0) is 35.3 Å². The summed E-state index contributed by atoms with van der Waals surface area (Å²) in [6.07, 6.45) is 0.531. The maximum Gasteiger partial charge on any atom is 0.257 e. The van der Waals surface area contributed by atoms with Gasteiger partial charge in [-0.1, -0.05) is 32.9 Å². The minimum Gasteiger partial charge on any atom is -0.379 e. The van der Waals surface area contributed by atoms with E-state index in [4.69, 9.17) is 0 Å². The fourth-order valence-electron chi connectivity index (χ4n) is 2.03. The number of aliphatic hydroxyl groups is 1. The summed E-state index contributed by atoms with van der Waals surface area (Å²) < 4.78 is 0. The molecule has 0 bridgehead atoms. The van der Waals surface area contributed by atoms with Gasteiger partial charge in [-0.15, -0.1) is 0 Å². The number of amides is 1. The van der Waals surface area contributed by atoms with E-state index in [1.54, 1.807) is 11.8 Å². The highest BCUT2D eigenvalue weighted by Crippen LogP contribution is 2.29. The Morgan fingerprint density at radius 2 is 1.95 bits per heavy atom. The summed E-state index contributed by atoms with van der Waals surface area (Å²) in [5.41, 5.74) is 0.861. The lowest BCUT2D eigenvalue weighted by Gasteiger charge is -2.21. The Kier molecular flexibility index (Phi) is 3.92. The number of rotatable bonds is 2. The first kappa shape index (κ1) is 14.4. The molecule has 1 aliphatic heterocycles. The summed E-state index contributed by atoms with van der Waals surface area (Å²) in [5, 5.41) is 13.0. The molecule has 1 fully saturated rings. The van der Waals surface area contributed by atoms with E-state index in [9.17, 15) is 9.90 Å². The van der Waals surface area contributed by atoms with Gasteiger partial charge < -0.3 is 10.4 Å². The van der Waals surface area contributed by atoms with Crippen LogP contribution in [0.2, 0.25) is 0 Å². The number of nitrogens with one attached hydrogen (secondary N) is 1. The summed E-state index contributed by atoms with van der Waals surface area (Å²) in [5.74, 6) is 1.03. The fourth-order valence-corrected chi connectivity index (χ4v) is 3.27. The first-order chi connectivity index (χ1) is 8.81. The molecule has 4 heteroatoms. The summed E-state index contributed by atoms with van der Waals surface area (Å²) in [6, 6.07) is 7.82. The number of benzene rings is 1. The second-order valence-electron chi connectivity index (χ2n) is 6.12. The van der Waals surface area contributed by atoms with Gasteiger partial charge >= 0.3 is 0 Å². The van der Waals surface area contributed by atoms with Crippen molar-refractivity contribution in [1.29, 1.82) is 0 Å². The summed E-state index contributed by atoms with van der Waals surface area (Å²) in [7, 11) is 0. The van der Waals surface area contributed by atoms with Crippen LogP contribution in [0.15, 0.2) is 24.3 Å². The molecule has 1 aliphatic rings. The van der Waals surface area contributed by atoms with Crippen molar-refractivity contribution < 1.29 is 9.90 Å². The Balaban J connectivity index is 2.06. The van der Waals surface area contributed by atoms with E-state index in [-0.39, 0.29) is 11.3 Å². The number of hydrogen-bond donors (Lipinski definition) is 2. The minimum atomic E-state index is -1.20. The molecule has 1 heterocycles. The summed E-state index contributed by atoms with van der Waals surface area (Å²) in [6.45, 7) is 6.46. The average Bonchev–Trinajstić information content (AvgIpc) is 2.77. The zero-order valence-corrected chi connectivity index (χ0v) is 12.5. The zero-order valence-electron chi connectivity index (χ0n) is 11.7. The lowest BCUT2D eigenvalue weighted by molar-refractivity contribution is -0.131. The molecule has 1 unspecified atom stereocenters. The number of carbonyl (C=O) groups excluding carboxylic acids is 1. The van der Waals surface area contributed by atoms with Gasteiger partial charge in [0, 0.05) is 11.4 Å². The first-order valence-corrected chi connectivity index (χ1v) is 7.69. The van der Waals surface area contributed by atoms with Gasteiger partial charge in [-0.25, -0.2) is 0 Å². The molecule has 1 saturated heterocycles. The van der Waals surface area contributed by atoms with Crippen LogP contribution in [-0.4, -0.2) is 28.1 Å². The number of carbonyl (C=O) groups is 1. The highest BCUT2D eigenvalue weighted by Gasteiger charge is 2.39. The Morgan fingerprint density at radius 1 is 1.32 bits per heavy atom. The van der Waals surface area contributed by atoms with Crippen molar-refractivity contribution in [2.24, 2.45) is 0 Å². The molecule has 0 radical (unpaired) electrons. The van der Waals surface area contributed by atoms with Gasteiger partial charge in [0.15, 0.2) is 5.60 Å². The molecular formula is C15H21NO2S. The van der Waals surface area contributed by atoms with E-state index in [0.29, 0.717) is 12.2 Å². The minimum absolute atomic E-state index is 0.100. The van der Waals surface area contributed by atoms with Crippen LogP contribution in [-0.2, 0) is 10.2 Å². The van der Waals surface area contributed by atoms with Crippen molar-refractivity contribution in [2.75, 3.05) is 16.8 Å². The molecule has 0 spiro atoms. The quantitative estimate of drug-likeness (QED) is 0.875. The van der Waals surface area contributed by atoms with Crippen LogP contribution in [0.4, 0.5) is 5.69 Å². The van der Waals surface area contributed by atoms with Gasteiger partial charge in [0.1, 0.15) is 0 Å².